The van der Waals surface area contributed by atoms with E-state index in [4.69, 9.17) is 10.8 Å². The third-order valence-corrected chi connectivity index (χ3v) is 4.12. The first kappa shape index (κ1) is 17.1. The lowest BCUT2D eigenvalue weighted by Gasteiger charge is -2.12. The number of aliphatic carboxylic acids is 1. The first-order valence-corrected chi connectivity index (χ1v) is 7.13. The summed E-state index contributed by atoms with van der Waals surface area (Å²) in [5.74, 6) is -1.68. The molecule has 0 fully saturated rings. The molecule has 2 rings (SSSR count). The molecule has 0 amide bonds. The third kappa shape index (κ3) is 4.38. The molecule has 8 heteroatoms. The van der Waals surface area contributed by atoms with E-state index in [-0.39, 0.29) is 17.0 Å². The summed E-state index contributed by atoms with van der Waals surface area (Å²) in [6, 6.07) is 6.41. The van der Waals surface area contributed by atoms with Gasteiger partial charge in [-0.25, -0.2) is 4.39 Å². The van der Waals surface area contributed by atoms with Crippen LogP contribution >= 0.6 is 11.8 Å². The van der Waals surface area contributed by atoms with Crippen LogP contribution < -0.4 is 5.73 Å². The van der Waals surface area contributed by atoms with Crippen LogP contribution in [0.4, 0.5) is 23.2 Å². The molecule has 122 valence electrons. The van der Waals surface area contributed by atoms with E-state index >= 15 is 0 Å². The number of carboxylic acid groups (broad SMARTS) is 1. The second-order valence-corrected chi connectivity index (χ2v) is 5.76. The van der Waals surface area contributed by atoms with Gasteiger partial charge in [0.15, 0.2) is 0 Å². The normalized spacial score (nSPS) is 11.5. The largest absolute Gasteiger partial charge is 0.481 e. The number of hydrogen-bond donors (Lipinski definition) is 2. The molecule has 0 radical (unpaired) electrons. The number of rotatable bonds is 4. The second kappa shape index (κ2) is 6.49. The lowest BCUT2D eigenvalue weighted by Crippen LogP contribution is -2.06. The van der Waals surface area contributed by atoms with Crippen LogP contribution in [0.1, 0.15) is 11.1 Å². The number of halogens is 4. The summed E-state index contributed by atoms with van der Waals surface area (Å²) in [5.41, 5.74) is 4.97. The van der Waals surface area contributed by atoms with Crippen molar-refractivity contribution in [2.75, 3.05) is 5.73 Å². The molecule has 0 bridgehead atoms. The van der Waals surface area contributed by atoms with Gasteiger partial charge in [-0.1, -0.05) is 17.8 Å². The molecular formula is C15H11F4NO2S. The zero-order valence-corrected chi connectivity index (χ0v) is 12.3. The highest BCUT2D eigenvalue weighted by atomic mass is 32.2. The highest BCUT2D eigenvalue weighted by Crippen LogP contribution is 2.38. The molecule has 2 aromatic carbocycles. The molecule has 2 aromatic rings. The highest BCUT2D eigenvalue weighted by Gasteiger charge is 2.30. The first-order valence-electron chi connectivity index (χ1n) is 6.31. The minimum atomic E-state index is -4.51. The van der Waals surface area contributed by atoms with Gasteiger partial charge in [-0.05, 0) is 35.9 Å². The number of carbonyl (C=O) groups is 1. The summed E-state index contributed by atoms with van der Waals surface area (Å²) >= 11 is 0.921. The van der Waals surface area contributed by atoms with Crippen LogP contribution in [0.5, 0.6) is 0 Å². The van der Waals surface area contributed by atoms with Crippen LogP contribution in [0.2, 0.25) is 0 Å². The summed E-state index contributed by atoms with van der Waals surface area (Å²) in [4.78, 5) is 11.4. The third-order valence-electron chi connectivity index (χ3n) is 2.93. The number of nitrogen functional groups attached to an aromatic ring is 1. The van der Waals surface area contributed by atoms with Crippen molar-refractivity contribution in [3.8, 4) is 0 Å². The van der Waals surface area contributed by atoms with Crippen molar-refractivity contribution in [3.05, 3.63) is 53.3 Å². The lowest BCUT2D eigenvalue weighted by atomic mass is 10.1. The predicted octanol–water partition coefficient (Wildman–Crippen LogP) is 4.21. The first-order chi connectivity index (χ1) is 10.7. The zero-order valence-electron chi connectivity index (χ0n) is 11.5. The summed E-state index contributed by atoms with van der Waals surface area (Å²) in [7, 11) is 0. The number of nitrogens with two attached hydrogens (primary N) is 1. The van der Waals surface area contributed by atoms with Crippen molar-refractivity contribution >= 4 is 23.4 Å². The van der Waals surface area contributed by atoms with Crippen molar-refractivity contribution < 1.29 is 27.5 Å². The Kier molecular flexibility index (Phi) is 4.84. The van der Waals surface area contributed by atoms with E-state index in [1.807, 2.05) is 0 Å². The summed E-state index contributed by atoms with van der Waals surface area (Å²) in [6.45, 7) is 0. The molecule has 0 aliphatic carbocycles. The SMILES string of the molecule is Nc1cc(C(F)(F)F)ccc1Sc1cc(F)ccc1CC(=O)O. The monoisotopic (exact) mass is 345 g/mol. The molecule has 0 aliphatic rings. The Morgan fingerprint density at radius 3 is 2.39 bits per heavy atom. The minimum Gasteiger partial charge on any atom is -0.481 e. The predicted molar refractivity (Wildman–Crippen MR) is 77.7 cm³/mol. The van der Waals surface area contributed by atoms with Crippen LogP contribution in [-0.2, 0) is 17.4 Å². The Labute approximate surface area is 133 Å². The van der Waals surface area contributed by atoms with Gasteiger partial charge in [-0.2, -0.15) is 13.2 Å². The van der Waals surface area contributed by atoms with E-state index < -0.39 is 23.5 Å². The van der Waals surface area contributed by atoms with Gasteiger partial charge in [0.2, 0.25) is 0 Å². The Bertz CT molecular complexity index is 747. The number of anilines is 1. The summed E-state index contributed by atoms with van der Waals surface area (Å²) in [6.07, 6.45) is -4.84. The molecule has 0 aliphatic heterocycles. The van der Waals surface area contributed by atoms with Crippen LogP contribution in [0, 0.1) is 5.82 Å². The molecule has 0 spiro atoms. The average Bonchev–Trinajstić information content (AvgIpc) is 2.42. The van der Waals surface area contributed by atoms with E-state index in [2.05, 4.69) is 0 Å². The Hall–Kier alpha value is -2.22. The molecule has 0 aromatic heterocycles. The van der Waals surface area contributed by atoms with Gasteiger partial charge in [-0.3, -0.25) is 4.79 Å². The summed E-state index contributed by atoms with van der Waals surface area (Å²) < 4.78 is 51.2. The highest BCUT2D eigenvalue weighted by molar-refractivity contribution is 7.99. The number of alkyl halides is 3. The molecule has 3 nitrogen and oxygen atoms in total. The van der Waals surface area contributed by atoms with Crippen LogP contribution in [-0.4, -0.2) is 11.1 Å². The summed E-state index contributed by atoms with van der Waals surface area (Å²) in [5, 5.41) is 8.85. The number of carboxylic acids is 1. The van der Waals surface area contributed by atoms with Crippen molar-refractivity contribution in [2.24, 2.45) is 0 Å². The Morgan fingerprint density at radius 1 is 1.13 bits per heavy atom. The fraction of sp³-hybridized carbons (Fsp3) is 0.133. The zero-order chi connectivity index (χ0) is 17.2. The van der Waals surface area contributed by atoms with E-state index in [0.717, 1.165) is 36.0 Å². The molecule has 0 unspecified atom stereocenters. The molecule has 0 atom stereocenters. The van der Waals surface area contributed by atoms with Gasteiger partial charge < -0.3 is 10.8 Å². The fourth-order valence-corrected chi connectivity index (χ4v) is 2.86. The minimum absolute atomic E-state index is 0.115. The van der Waals surface area contributed by atoms with Gasteiger partial charge in [0.25, 0.3) is 0 Å². The molecule has 23 heavy (non-hydrogen) atoms. The molecular weight excluding hydrogens is 334 g/mol. The van der Waals surface area contributed by atoms with E-state index in [0.29, 0.717) is 10.5 Å². The van der Waals surface area contributed by atoms with Crippen molar-refractivity contribution in [1.82, 2.24) is 0 Å². The quantitative estimate of drug-likeness (QED) is 0.644. The fourth-order valence-electron chi connectivity index (χ4n) is 1.87. The van der Waals surface area contributed by atoms with Crippen molar-refractivity contribution in [1.29, 1.82) is 0 Å². The van der Waals surface area contributed by atoms with Crippen LogP contribution in [0.15, 0.2) is 46.2 Å². The standard InChI is InChI=1S/C15H11F4NO2S/c16-10-3-1-8(5-14(21)22)13(7-10)23-12-4-2-9(6-11(12)20)15(17,18)19/h1-4,6-7H,5,20H2,(H,21,22). The van der Waals surface area contributed by atoms with E-state index in [1.54, 1.807) is 0 Å². The second-order valence-electron chi connectivity index (χ2n) is 4.67. The lowest BCUT2D eigenvalue weighted by molar-refractivity contribution is -0.138. The van der Waals surface area contributed by atoms with Gasteiger partial charge in [0.05, 0.1) is 12.0 Å². The molecule has 0 heterocycles. The van der Waals surface area contributed by atoms with Crippen LogP contribution in [0.3, 0.4) is 0 Å². The van der Waals surface area contributed by atoms with Gasteiger partial charge in [0.1, 0.15) is 5.82 Å². The van der Waals surface area contributed by atoms with E-state index in [9.17, 15) is 22.4 Å². The molecule has 3 N–H and O–H groups in total. The maximum Gasteiger partial charge on any atom is 0.416 e. The maximum absolute atomic E-state index is 13.4. The molecule has 0 saturated heterocycles. The topological polar surface area (TPSA) is 63.3 Å². The average molecular weight is 345 g/mol. The van der Waals surface area contributed by atoms with Crippen LogP contribution in [0.25, 0.3) is 0 Å². The Morgan fingerprint density at radius 2 is 1.83 bits per heavy atom. The van der Waals surface area contributed by atoms with Gasteiger partial charge in [0, 0.05) is 15.5 Å². The number of hydrogen-bond acceptors (Lipinski definition) is 3. The smallest absolute Gasteiger partial charge is 0.416 e. The number of benzene rings is 2. The van der Waals surface area contributed by atoms with Gasteiger partial charge >= 0.3 is 12.1 Å². The van der Waals surface area contributed by atoms with Gasteiger partial charge in [-0.15, -0.1) is 0 Å². The van der Waals surface area contributed by atoms with Crippen molar-refractivity contribution in [3.63, 3.8) is 0 Å². The van der Waals surface area contributed by atoms with Crippen molar-refractivity contribution in [2.45, 2.75) is 22.4 Å². The van der Waals surface area contributed by atoms with E-state index in [1.165, 1.54) is 12.1 Å². The molecule has 0 saturated carbocycles. The maximum atomic E-state index is 13.4. The Balaban J connectivity index is 2.36.